The van der Waals surface area contributed by atoms with E-state index in [1.54, 1.807) is 0 Å². The minimum atomic E-state index is -5.18. The van der Waals surface area contributed by atoms with Gasteiger partial charge in [-0.3, -0.25) is 0 Å². The molecule has 1 amide bonds. The molecule has 0 aliphatic rings. The summed E-state index contributed by atoms with van der Waals surface area (Å²) in [5.41, 5.74) is 0. The van der Waals surface area contributed by atoms with Crippen molar-refractivity contribution in [3.05, 3.63) is 4.72 Å². The molecule has 0 N–H and O–H groups in total. The van der Waals surface area contributed by atoms with Crippen LogP contribution in [0, 0.1) is 11.3 Å². The number of carbonyl (C=O) groups is 1. The molecule has 0 unspecified atom stereocenters. The molecule has 0 fully saturated rings. The monoisotopic (exact) mass is 158 g/mol. The van der Waals surface area contributed by atoms with Gasteiger partial charge in [0.15, 0.2) is 5.91 Å². The fourth-order valence-electron chi connectivity index (χ4n) is 0.119. The fraction of sp³-hybridized carbons (Fsp3) is 0. The molecule has 0 radical (unpaired) electrons. The van der Waals surface area contributed by atoms with Crippen LogP contribution in [0.3, 0.4) is 0 Å². The van der Waals surface area contributed by atoms with E-state index in [2.05, 4.69) is 0 Å². The smallest absolute Gasteiger partial charge is 0.506 e. The van der Waals surface area contributed by atoms with Crippen LogP contribution in [0.2, 0.25) is 0 Å². The van der Waals surface area contributed by atoms with Crippen LogP contribution in [0.5, 0.6) is 0 Å². The summed E-state index contributed by atoms with van der Waals surface area (Å²) in [5, 5.41) is 7.57. The minimum absolute atomic E-state index is 0. The number of nitrogens with zero attached hydrogens (tertiary/aromatic N) is 2. The zero-order chi connectivity index (χ0) is 7.49. The third-order valence-electron chi connectivity index (χ3n) is 0.288. The Bertz CT molecular complexity index is 254. The molecule has 0 aliphatic carbocycles. The number of rotatable bonds is 1. The average molecular weight is 158 g/mol. The molecule has 50 valence electrons. The topological polar surface area (TPSA) is 89.1 Å². The Hall–Kier alpha value is -0.563. The van der Waals surface area contributed by atoms with E-state index in [9.17, 15) is 17.1 Å². The van der Waals surface area contributed by atoms with E-state index in [0.717, 1.165) is 6.07 Å². The number of carbonyl (C=O) groups excluding carboxylic acids is 1. The van der Waals surface area contributed by atoms with E-state index in [-0.39, 0.29) is 18.9 Å². The maximum absolute atomic E-state index is 11.3. The Labute approximate surface area is 68.7 Å². The van der Waals surface area contributed by atoms with E-state index in [1.807, 2.05) is 4.72 Å². The molecule has 0 bridgehead atoms. The van der Waals surface area contributed by atoms with Gasteiger partial charge in [-0.15, -0.1) is 3.89 Å². The Kier molecular flexibility index (Phi) is 5.20. The number of hydrogen-bond acceptors (Lipinski definition) is 4. The normalized spacial score (nSPS) is 8.80. The molecule has 0 aromatic heterocycles. The van der Waals surface area contributed by atoms with Gasteiger partial charge in [-0.25, -0.2) is 8.42 Å². The van der Waals surface area contributed by atoms with Crippen molar-refractivity contribution in [2.45, 2.75) is 0 Å². The summed E-state index contributed by atoms with van der Waals surface area (Å²) < 4.78 is 31.9. The van der Waals surface area contributed by atoms with E-state index in [1.165, 1.54) is 0 Å². The van der Waals surface area contributed by atoms with Crippen molar-refractivity contribution in [2.75, 3.05) is 0 Å². The van der Waals surface area contributed by atoms with Gasteiger partial charge in [-0.2, -0.15) is 5.26 Å². The van der Waals surface area contributed by atoms with Gasteiger partial charge in [-0.1, -0.05) is 0 Å². The van der Waals surface area contributed by atoms with Crippen molar-refractivity contribution in [2.24, 2.45) is 0 Å². The van der Waals surface area contributed by atoms with Crippen LogP contribution in [-0.2, 0) is 15.2 Å². The third kappa shape index (κ3) is 7.44. The zero-order valence-corrected chi connectivity index (χ0v) is 5.72. The van der Waals surface area contributed by atoms with E-state index < -0.39 is 16.3 Å². The van der Waals surface area contributed by atoms with Crippen molar-refractivity contribution in [3.63, 3.8) is 0 Å². The van der Waals surface area contributed by atoms with Crippen molar-refractivity contribution in [3.8, 4) is 6.07 Å². The third-order valence-corrected chi connectivity index (χ3v) is 0.671. The van der Waals surface area contributed by atoms with Crippen LogP contribution in [0.25, 0.3) is 4.72 Å². The number of amides is 1. The Morgan fingerprint density at radius 3 is 2.10 bits per heavy atom. The van der Waals surface area contributed by atoms with Crippen molar-refractivity contribution in [1.82, 2.24) is 0 Å². The molecule has 0 heterocycles. The Morgan fingerprint density at radius 2 is 2.00 bits per heavy atom. The molecule has 0 aromatic rings. The Morgan fingerprint density at radius 1 is 1.60 bits per heavy atom. The first kappa shape index (κ1) is 12.1. The fourth-order valence-corrected chi connectivity index (χ4v) is 0.358. The zero-order valence-electron chi connectivity index (χ0n) is 4.91. The van der Waals surface area contributed by atoms with E-state index in [0.29, 0.717) is 0 Å². The molecule has 0 saturated carbocycles. The predicted molar refractivity (Wildman–Crippen MR) is 24.0 cm³/mol. The van der Waals surface area contributed by atoms with Crippen LogP contribution in [0.15, 0.2) is 0 Å². The van der Waals surface area contributed by atoms with Gasteiger partial charge in [-0.05, 0) is 0 Å². The van der Waals surface area contributed by atoms with Gasteiger partial charge in [0.05, 0.1) is 0 Å². The Balaban J connectivity index is 0. The molecular weight excluding hydrogens is 158 g/mol. The molecule has 0 aliphatic heterocycles. The largest absolute Gasteiger partial charge is 1.00 e. The molecule has 0 spiro atoms. The maximum atomic E-state index is 11.3. The van der Waals surface area contributed by atoms with E-state index >= 15 is 0 Å². The van der Waals surface area contributed by atoms with Gasteiger partial charge in [0.25, 0.3) is 10.4 Å². The summed E-state index contributed by atoms with van der Waals surface area (Å²) in [6, 6.07) is 0.797. The first-order valence-electron chi connectivity index (χ1n) is 1.57. The SMILES string of the molecule is N#CC(=O)[N-]S(=O)(=O)F.[Li+]. The molecule has 0 aromatic carbocycles. The molecule has 10 heavy (non-hydrogen) atoms. The van der Waals surface area contributed by atoms with E-state index in [4.69, 9.17) is 5.26 Å². The average Bonchev–Trinajstić information content (AvgIpc) is 1.62. The number of hydrogen-bond donors (Lipinski definition) is 0. The molecule has 0 rings (SSSR count). The first-order valence-corrected chi connectivity index (χ1v) is 2.91. The van der Waals surface area contributed by atoms with Gasteiger partial charge < -0.3 is 9.52 Å². The molecule has 0 atom stereocenters. The van der Waals surface area contributed by atoms with Gasteiger partial charge in [0, 0.05) is 0 Å². The second-order valence-electron chi connectivity index (χ2n) is 0.920. The second-order valence-corrected chi connectivity index (χ2v) is 1.93. The van der Waals surface area contributed by atoms with Crippen LogP contribution in [-0.4, -0.2) is 14.3 Å². The first-order chi connectivity index (χ1) is 3.95. The van der Waals surface area contributed by atoms with Crippen molar-refractivity contribution < 1.29 is 36.0 Å². The van der Waals surface area contributed by atoms with Gasteiger partial charge in [0.2, 0.25) is 0 Å². The molecule has 0 saturated heterocycles. The number of halogens is 1. The van der Waals surface area contributed by atoms with Crippen molar-refractivity contribution in [1.29, 1.82) is 5.26 Å². The molecule has 5 nitrogen and oxygen atoms in total. The predicted octanol–water partition coefficient (Wildman–Crippen LogP) is -3.37. The maximum Gasteiger partial charge on any atom is 1.00 e. The van der Waals surface area contributed by atoms with Gasteiger partial charge >= 0.3 is 18.9 Å². The summed E-state index contributed by atoms with van der Waals surface area (Å²) in [6.07, 6.45) is 0. The summed E-state index contributed by atoms with van der Waals surface area (Å²) >= 11 is 0. The molecule has 8 heteroatoms. The molecular formula is C2FLiN2O3S. The number of nitriles is 1. The minimum Gasteiger partial charge on any atom is -0.506 e. The van der Waals surface area contributed by atoms with Gasteiger partial charge in [0.1, 0.15) is 6.07 Å². The second kappa shape index (κ2) is 4.28. The summed E-state index contributed by atoms with van der Waals surface area (Å²) in [6.45, 7) is 0. The summed E-state index contributed by atoms with van der Waals surface area (Å²) in [7, 11) is -5.18. The van der Waals surface area contributed by atoms with Crippen LogP contribution >= 0.6 is 0 Å². The quantitative estimate of drug-likeness (QED) is 0.226. The summed E-state index contributed by atoms with van der Waals surface area (Å²) in [5.74, 6) is -1.67. The van der Waals surface area contributed by atoms with Crippen LogP contribution < -0.4 is 18.9 Å². The van der Waals surface area contributed by atoms with Crippen LogP contribution in [0.1, 0.15) is 0 Å². The summed E-state index contributed by atoms with van der Waals surface area (Å²) in [4.78, 5) is 9.68. The standard InChI is InChI=1S/C2HFN2O3S.Li/c3-9(7,8)5-2(6)1-4;/h(H,5,6);/q;+1/p-1. The van der Waals surface area contributed by atoms with Crippen LogP contribution in [0.4, 0.5) is 3.89 Å². The van der Waals surface area contributed by atoms with Crippen molar-refractivity contribution >= 4 is 16.3 Å².